The fourth-order valence-corrected chi connectivity index (χ4v) is 3.41. The van der Waals surface area contributed by atoms with Gasteiger partial charge in [-0.2, -0.15) is 10.2 Å². The van der Waals surface area contributed by atoms with E-state index in [9.17, 15) is 9.90 Å². The van der Waals surface area contributed by atoms with Crippen LogP contribution >= 0.6 is 12.2 Å². The van der Waals surface area contributed by atoms with Gasteiger partial charge in [0.25, 0.3) is 0 Å². The van der Waals surface area contributed by atoms with Crippen LogP contribution < -0.4 is 10.7 Å². The summed E-state index contributed by atoms with van der Waals surface area (Å²) in [6.45, 7) is 8.17. The number of aromatic hydroxyl groups is 1. The Balaban J connectivity index is 1.74. The first-order chi connectivity index (χ1) is 15.5. The molecule has 9 heteroatoms. The number of carboxylic acid groups (broad SMARTS) is 1. The second-order valence-corrected chi connectivity index (χ2v) is 9.05. The number of carbonyl (C=O) groups is 1. The number of rotatable bonds is 5. The van der Waals surface area contributed by atoms with E-state index in [1.54, 1.807) is 30.8 Å². The Morgan fingerprint density at radius 1 is 1.09 bits per heavy atom. The molecule has 1 heterocycles. The van der Waals surface area contributed by atoms with Gasteiger partial charge in [-0.05, 0) is 54.4 Å². The molecule has 2 aromatic carbocycles. The molecule has 1 aromatic heterocycles. The molecule has 0 aliphatic heterocycles. The zero-order valence-electron chi connectivity index (χ0n) is 19.2. The number of carboxylic acids is 1. The van der Waals surface area contributed by atoms with Crippen LogP contribution in [-0.2, 0) is 12.5 Å². The summed E-state index contributed by atoms with van der Waals surface area (Å²) in [5.41, 5.74) is 7.00. The van der Waals surface area contributed by atoms with Crippen LogP contribution in [-0.4, -0.2) is 36.8 Å². The Labute approximate surface area is 198 Å². The van der Waals surface area contributed by atoms with Gasteiger partial charge in [-0.1, -0.05) is 45.0 Å². The molecule has 0 aliphatic rings. The average Bonchev–Trinajstić information content (AvgIpc) is 3.06. The van der Waals surface area contributed by atoms with Crippen molar-refractivity contribution in [1.82, 2.24) is 15.2 Å². The van der Waals surface area contributed by atoms with Crippen LogP contribution in [0.5, 0.6) is 5.75 Å². The van der Waals surface area contributed by atoms with Crippen molar-refractivity contribution in [3.8, 4) is 17.0 Å². The summed E-state index contributed by atoms with van der Waals surface area (Å²) in [5.74, 6) is -0.964. The number of aromatic carboxylic acids is 1. The third kappa shape index (κ3) is 5.56. The Hall–Kier alpha value is -3.72. The highest BCUT2D eigenvalue weighted by molar-refractivity contribution is 7.80. The number of hydrogen-bond donors (Lipinski definition) is 4. The van der Waals surface area contributed by atoms with Crippen LogP contribution in [0.2, 0.25) is 0 Å². The molecule has 0 aliphatic carbocycles. The zero-order chi connectivity index (χ0) is 24.3. The number of hydrazone groups is 1. The summed E-state index contributed by atoms with van der Waals surface area (Å²) in [4.78, 5) is 10.9. The minimum atomic E-state index is -0.998. The highest BCUT2D eigenvalue weighted by Crippen LogP contribution is 2.33. The lowest BCUT2D eigenvalue weighted by Gasteiger charge is -2.19. The van der Waals surface area contributed by atoms with Crippen LogP contribution in [0.25, 0.3) is 11.3 Å². The van der Waals surface area contributed by atoms with Crippen LogP contribution in [0.3, 0.4) is 0 Å². The molecule has 8 nitrogen and oxygen atoms in total. The second-order valence-electron chi connectivity index (χ2n) is 8.64. The summed E-state index contributed by atoms with van der Waals surface area (Å²) >= 11 is 5.24. The molecule has 33 heavy (non-hydrogen) atoms. The van der Waals surface area contributed by atoms with E-state index in [4.69, 9.17) is 17.3 Å². The number of nitrogens with zero attached hydrogens (tertiary/aromatic N) is 3. The molecule has 0 saturated carbocycles. The lowest BCUT2D eigenvalue weighted by atomic mass is 9.86. The average molecular weight is 466 g/mol. The van der Waals surface area contributed by atoms with Crippen LogP contribution in [0.15, 0.2) is 53.6 Å². The highest BCUT2D eigenvalue weighted by atomic mass is 32.1. The van der Waals surface area contributed by atoms with E-state index in [0.29, 0.717) is 22.8 Å². The maximum atomic E-state index is 10.9. The number of hydrogen-bond acceptors (Lipinski definition) is 5. The topological polar surface area (TPSA) is 112 Å². The van der Waals surface area contributed by atoms with Crippen molar-refractivity contribution in [1.29, 1.82) is 0 Å². The maximum Gasteiger partial charge on any atom is 0.335 e. The van der Waals surface area contributed by atoms with Gasteiger partial charge in [-0.3, -0.25) is 10.1 Å². The summed E-state index contributed by atoms with van der Waals surface area (Å²) in [5, 5.41) is 31.6. The van der Waals surface area contributed by atoms with Gasteiger partial charge < -0.3 is 15.5 Å². The maximum absolute atomic E-state index is 10.9. The van der Waals surface area contributed by atoms with E-state index < -0.39 is 5.97 Å². The summed E-state index contributed by atoms with van der Waals surface area (Å²) in [6.07, 6.45) is 0. The summed E-state index contributed by atoms with van der Waals surface area (Å²) < 4.78 is 1.62. The molecule has 0 fully saturated rings. The van der Waals surface area contributed by atoms with Gasteiger partial charge in [0.1, 0.15) is 5.69 Å². The molecular formula is C24H27N5O3S. The van der Waals surface area contributed by atoms with E-state index in [1.165, 1.54) is 17.7 Å². The molecule has 0 amide bonds. The third-order valence-electron chi connectivity index (χ3n) is 5.10. The Morgan fingerprint density at radius 3 is 2.24 bits per heavy atom. The molecule has 172 valence electrons. The smallest absolute Gasteiger partial charge is 0.335 e. The predicted octanol–water partition coefficient (Wildman–Crippen LogP) is 4.50. The molecular weight excluding hydrogens is 438 g/mol. The molecule has 0 spiro atoms. The van der Waals surface area contributed by atoms with Crippen molar-refractivity contribution in [3.05, 3.63) is 65.4 Å². The first kappa shape index (κ1) is 23.9. The Morgan fingerprint density at radius 2 is 1.70 bits per heavy atom. The fraction of sp³-hybridized carbons (Fsp3) is 0.250. The summed E-state index contributed by atoms with van der Waals surface area (Å²) in [7, 11) is 1.77. The molecule has 0 radical (unpaired) electrons. The van der Waals surface area contributed by atoms with E-state index in [-0.39, 0.29) is 21.8 Å². The van der Waals surface area contributed by atoms with Gasteiger partial charge in [0, 0.05) is 18.3 Å². The molecule has 3 rings (SSSR count). The molecule has 0 unspecified atom stereocenters. The number of aromatic nitrogens is 2. The number of thiocarbonyl (C=S) groups is 1. The number of nitrogens with one attached hydrogen (secondary N) is 2. The molecule has 3 aromatic rings. The molecule has 0 saturated heterocycles. The number of aryl methyl sites for hydroxylation is 1. The van der Waals surface area contributed by atoms with Gasteiger partial charge in [0.2, 0.25) is 0 Å². The lowest BCUT2D eigenvalue weighted by molar-refractivity contribution is 0.0697. The first-order valence-corrected chi connectivity index (χ1v) is 10.7. The van der Waals surface area contributed by atoms with E-state index in [2.05, 4.69) is 53.8 Å². The van der Waals surface area contributed by atoms with Crippen molar-refractivity contribution in [2.75, 3.05) is 5.32 Å². The van der Waals surface area contributed by atoms with Gasteiger partial charge >= 0.3 is 5.97 Å². The molecule has 0 atom stereocenters. The third-order valence-corrected chi connectivity index (χ3v) is 5.30. The first-order valence-electron chi connectivity index (χ1n) is 10.3. The van der Waals surface area contributed by atoms with Crippen molar-refractivity contribution < 1.29 is 15.0 Å². The van der Waals surface area contributed by atoms with Crippen molar-refractivity contribution in [2.45, 2.75) is 33.1 Å². The minimum absolute atomic E-state index is 0.0344. The largest absolute Gasteiger partial charge is 0.504 e. The number of anilines is 1. The molecule has 0 bridgehead atoms. The predicted molar refractivity (Wildman–Crippen MR) is 134 cm³/mol. The van der Waals surface area contributed by atoms with Gasteiger partial charge in [-0.15, -0.1) is 0 Å². The Kier molecular flexibility index (Phi) is 6.83. The van der Waals surface area contributed by atoms with E-state index in [1.807, 2.05) is 12.1 Å². The van der Waals surface area contributed by atoms with Crippen molar-refractivity contribution in [3.63, 3.8) is 0 Å². The Bertz CT molecular complexity index is 1210. The van der Waals surface area contributed by atoms with Gasteiger partial charge in [-0.25, -0.2) is 4.79 Å². The van der Waals surface area contributed by atoms with Gasteiger partial charge in [0.05, 0.1) is 11.3 Å². The molecule has 4 N–H and O–H groups in total. The van der Waals surface area contributed by atoms with Gasteiger partial charge in [0.15, 0.2) is 16.6 Å². The minimum Gasteiger partial charge on any atom is -0.504 e. The SMILES string of the molecule is C/C(=N/NC(=S)Nc1ccc(C(=O)O)cc1)c1nn(C)c(-c2ccc(C(C)(C)C)cc2)c1O. The van der Waals surface area contributed by atoms with Crippen molar-refractivity contribution in [2.24, 2.45) is 12.1 Å². The zero-order valence-corrected chi connectivity index (χ0v) is 20.0. The van der Waals surface area contributed by atoms with Crippen molar-refractivity contribution >= 4 is 34.7 Å². The summed E-state index contributed by atoms with van der Waals surface area (Å²) in [6, 6.07) is 14.2. The number of benzene rings is 2. The van der Waals surface area contributed by atoms with E-state index >= 15 is 0 Å². The van der Waals surface area contributed by atoms with Crippen LogP contribution in [0, 0.1) is 0 Å². The second kappa shape index (κ2) is 9.41. The normalized spacial score (nSPS) is 11.8. The fourth-order valence-electron chi connectivity index (χ4n) is 3.25. The lowest BCUT2D eigenvalue weighted by Crippen LogP contribution is -2.25. The van der Waals surface area contributed by atoms with Crippen LogP contribution in [0.1, 0.15) is 49.3 Å². The van der Waals surface area contributed by atoms with E-state index in [0.717, 1.165) is 5.56 Å². The standard InChI is InChI=1S/C24H27N5O3S/c1-14(26-27-23(33)25-18-12-8-16(9-13-18)22(31)32)19-21(30)20(29(5)28-19)15-6-10-17(11-7-15)24(2,3)4/h6-13,30H,1-5H3,(H,31,32)(H2,25,27,33)/b26-14-. The van der Waals surface area contributed by atoms with Crippen LogP contribution in [0.4, 0.5) is 5.69 Å². The highest BCUT2D eigenvalue weighted by Gasteiger charge is 2.20. The quantitative estimate of drug-likeness (QED) is 0.249. The monoisotopic (exact) mass is 465 g/mol.